The fraction of sp³-hybridized carbons (Fsp3) is 0. The number of nitrogens with zero attached hydrogens (tertiary/aromatic N) is 1. The van der Waals surface area contributed by atoms with Crippen LogP contribution in [0.15, 0.2) is 152 Å². The lowest BCUT2D eigenvalue weighted by atomic mass is 10.1. The van der Waals surface area contributed by atoms with E-state index in [0.29, 0.717) is 0 Å². The summed E-state index contributed by atoms with van der Waals surface area (Å²) in [6.45, 7) is 0. The molecule has 0 fully saturated rings. The second-order valence-corrected chi connectivity index (χ2v) is 10.4. The highest BCUT2D eigenvalue weighted by Gasteiger charge is 2.14. The molecule has 3 nitrogen and oxygen atoms in total. The molecule has 0 saturated carbocycles. The zero-order valence-corrected chi connectivity index (χ0v) is 22.4. The number of hydrogen-bond donors (Lipinski definition) is 2. The van der Waals surface area contributed by atoms with Gasteiger partial charge in [0.05, 0.1) is 11.0 Å². The van der Waals surface area contributed by atoms with E-state index in [1.165, 1.54) is 43.4 Å². The Hall–Kier alpha value is -5.54. The van der Waals surface area contributed by atoms with E-state index < -0.39 is 0 Å². The van der Waals surface area contributed by atoms with Crippen molar-refractivity contribution >= 4 is 66.1 Å². The van der Waals surface area contributed by atoms with Gasteiger partial charge in [-0.25, -0.2) is 0 Å². The fourth-order valence-corrected chi connectivity index (χ4v) is 6.01. The van der Waals surface area contributed by atoms with Crippen LogP contribution in [0.4, 0.5) is 22.7 Å². The number of aromatic nitrogens is 1. The maximum atomic E-state index is 3.70. The van der Waals surface area contributed by atoms with Crippen molar-refractivity contribution in [1.82, 2.24) is 4.57 Å². The predicted molar refractivity (Wildman–Crippen MR) is 175 cm³/mol. The molecule has 1 aromatic heterocycles. The molecule has 2 N–H and O–H groups in total. The number of nitrogens with one attached hydrogen (secondary N) is 2. The smallest absolute Gasteiger partial charge is 0.0542 e. The molecular formula is C38H27N3. The van der Waals surface area contributed by atoms with E-state index in [9.17, 15) is 0 Å². The summed E-state index contributed by atoms with van der Waals surface area (Å²) in [5.74, 6) is 0. The maximum absolute atomic E-state index is 3.70. The number of rotatable bonds is 5. The molecule has 0 aliphatic carbocycles. The maximum Gasteiger partial charge on any atom is 0.0542 e. The van der Waals surface area contributed by atoms with Gasteiger partial charge < -0.3 is 15.2 Å². The zero-order valence-electron chi connectivity index (χ0n) is 22.4. The van der Waals surface area contributed by atoms with E-state index in [-0.39, 0.29) is 0 Å². The van der Waals surface area contributed by atoms with Gasteiger partial charge in [-0.3, -0.25) is 0 Å². The van der Waals surface area contributed by atoms with Crippen LogP contribution in [-0.4, -0.2) is 4.57 Å². The van der Waals surface area contributed by atoms with Gasteiger partial charge in [-0.05, 0) is 71.4 Å². The van der Waals surface area contributed by atoms with E-state index in [1.54, 1.807) is 0 Å². The van der Waals surface area contributed by atoms with Gasteiger partial charge in [0, 0.05) is 50.0 Å². The molecule has 0 amide bonds. The molecular weight excluding hydrogens is 498 g/mol. The first-order chi connectivity index (χ1) is 20.3. The standard InChI is InChI=1S/C38H27N3/c1-2-14-30(15-3-1)41-37-22-20-28(39-35-18-8-12-26-10-4-6-16-31(26)35)24-33(37)34-25-29(21-23-38(34)41)40-36-19-9-13-27-11-5-7-17-32(27)36/h1-25,39-40H. The summed E-state index contributed by atoms with van der Waals surface area (Å²) in [5.41, 5.74) is 7.84. The Morgan fingerprint density at radius 2 is 0.829 bits per heavy atom. The van der Waals surface area contributed by atoms with Crippen molar-refractivity contribution in [3.8, 4) is 5.69 Å². The highest BCUT2D eigenvalue weighted by atomic mass is 15.0. The summed E-state index contributed by atoms with van der Waals surface area (Å²) in [6.07, 6.45) is 0. The lowest BCUT2D eigenvalue weighted by Crippen LogP contribution is -1.94. The molecule has 0 saturated heterocycles. The number of benzene rings is 7. The molecule has 0 atom stereocenters. The van der Waals surface area contributed by atoms with E-state index in [0.717, 1.165) is 28.4 Å². The molecule has 0 aliphatic heterocycles. The Labute approximate surface area is 238 Å². The van der Waals surface area contributed by atoms with Crippen LogP contribution in [0.5, 0.6) is 0 Å². The van der Waals surface area contributed by atoms with Crippen molar-refractivity contribution in [1.29, 1.82) is 0 Å². The van der Waals surface area contributed by atoms with E-state index in [2.05, 4.69) is 167 Å². The topological polar surface area (TPSA) is 29.0 Å². The molecule has 7 aromatic carbocycles. The van der Waals surface area contributed by atoms with Crippen molar-refractivity contribution < 1.29 is 0 Å². The van der Waals surface area contributed by atoms with Crippen molar-refractivity contribution in [2.45, 2.75) is 0 Å². The highest BCUT2D eigenvalue weighted by molar-refractivity contribution is 6.12. The van der Waals surface area contributed by atoms with Crippen molar-refractivity contribution in [2.75, 3.05) is 10.6 Å². The zero-order chi connectivity index (χ0) is 27.2. The van der Waals surface area contributed by atoms with Gasteiger partial charge in [-0.15, -0.1) is 0 Å². The molecule has 8 rings (SSSR count). The summed E-state index contributed by atoms with van der Waals surface area (Å²) < 4.78 is 2.36. The highest BCUT2D eigenvalue weighted by Crippen LogP contribution is 2.37. The molecule has 3 heteroatoms. The van der Waals surface area contributed by atoms with Crippen LogP contribution in [0.3, 0.4) is 0 Å². The first-order valence-electron chi connectivity index (χ1n) is 14.0. The fourth-order valence-electron chi connectivity index (χ4n) is 6.01. The molecule has 0 aliphatic rings. The Bertz CT molecular complexity index is 2060. The Balaban J connectivity index is 1.29. The largest absolute Gasteiger partial charge is 0.355 e. The normalized spacial score (nSPS) is 11.4. The molecule has 0 radical (unpaired) electrons. The summed E-state index contributed by atoms with van der Waals surface area (Å²) in [6, 6.07) is 53.8. The predicted octanol–water partition coefficient (Wildman–Crippen LogP) is 10.6. The molecule has 0 bridgehead atoms. The quantitative estimate of drug-likeness (QED) is 0.234. The van der Waals surface area contributed by atoms with Crippen LogP contribution >= 0.6 is 0 Å². The Kier molecular flexibility index (Phi) is 5.46. The Morgan fingerprint density at radius 1 is 0.366 bits per heavy atom. The Morgan fingerprint density at radius 3 is 1.37 bits per heavy atom. The van der Waals surface area contributed by atoms with Crippen LogP contribution in [0.2, 0.25) is 0 Å². The second-order valence-electron chi connectivity index (χ2n) is 10.4. The molecule has 1 heterocycles. The third kappa shape index (κ3) is 4.07. The van der Waals surface area contributed by atoms with E-state index >= 15 is 0 Å². The monoisotopic (exact) mass is 525 g/mol. The molecule has 0 unspecified atom stereocenters. The van der Waals surface area contributed by atoms with Crippen molar-refractivity contribution in [2.24, 2.45) is 0 Å². The second kappa shape index (κ2) is 9.58. The SMILES string of the molecule is c1ccc(-n2c3ccc(Nc4cccc5ccccc45)cc3c3cc(Nc4cccc5ccccc45)ccc32)cc1. The summed E-state index contributed by atoms with van der Waals surface area (Å²) in [7, 11) is 0. The van der Waals surface area contributed by atoms with Gasteiger partial charge in [0.1, 0.15) is 0 Å². The lowest BCUT2D eigenvalue weighted by Gasteiger charge is -2.11. The van der Waals surface area contributed by atoms with Crippen LogP contribution in [0.25, 0.3) is 49.0 Å². The average Bonchev–Trinajstić information content (AvgIpc) is 3.35. The third-order valence-corrected chi connectivity index (χ3v) is 7.92. The minimum atomic E-state index is 1.06. The average molecular weight is 526 g/mol. The van der Waals surface area contributed by atoms with Crippen LogP contribution in [0.1, 0.15) is 0 Å². The first kappa shape index (κ1) is 23.4. The molecule has 41 heavy (non-hydrogen) atoms. The van der Waals surface area contributed by atoms with E-state index in [1.807, 2.05) is 0 Å². The van der Waals surface area contributed by atoms with Gasteiger partial charge in [0.2, 0.25) is 0 Å². The van der Waals surface area contributed by atoms with Gasteiger partial charge in [-0.2, -0.15) is 0 Å². The first-order valence-corrected chi connectivity index (χ1v) is 14.0. The van der Waals surface area contributed by atoms with Crippen LogP contribution in [0, 0.1) is 0 Å². The number of para-hydroxylation sites is 1. The van der Waals surface area contributed by atoms with Crippen LogP contribution < -0.4 is 10.6 Å². The number of hydrogen-bond acceptors (Lipinski definition) is 2. The number of fused-ring (bicyclic) bond motifs is 5. The van der Waals surface area contributed by atoms with Gasteiger partial charge in [0.25, 0.3) is 0 Å². The van der Waals surface area contributed by atoms with Gasteiger partial charge >= 0.3 is 0 Å². The van der Waals surface area contributed by atoms with E-state index in [4.69, 9.17) is 0 Å². The summed E-state index contributed by atoms with van der Waals surface area (Å²) >= 11 is 0. The lowest BCUT2D eigenvalue weighted by molar-refractivity contribution is 1.18. The van der Waals surface area contributed by atoms with Gasteiger partial charge in [-0.1, -0.05) is 91.0 Å². The molecule has 8 aromatic rings. The number of anilines is 4. The minimum absolute atomic E-state index is 1.06. The third-order valence-electron chi connectivity index (χ3n) is 7.92. The molecule has 0 spiro atoms. The molecule has 194 valence electrons. The van der Waals surface area contributed by atoms with Crippen LogP contribution in [-0.2, 0) is 0 Å². The summed E-state index contributed by atoms with van der Waals surface area (Å²) in [4.78, 5) is 0. The van der Waals surface area contributed by atoms with Crippen molar-refractivity contribution in [3.05, 3.63) is 152 Å². The minimum Gasteiger partial charge on any atom is -0.355 e. The van der Waals surface area contributed by atoms with Crippen molar-refractivity contribution in [3.63, 3.8) is 0 Å². The van der Waals surface area contributed by atoms with Gasteiger partial charge in [0.15, 0.2) is 0 Å². The summed E-state index contributed by atoms with van der Waals surface area (Å²) in [5, 5.41) is 14.7.